The third-order valence-corrected chi connectivity index (χ3v) is 3.26. The maximum Gasteiger partial charge on any atom is 0.417 e. The van der Waals surface area contributed by atoms with Crippen molar-refractivity contribution in [3.05, 3.63) is 0 Å². The Morgan fingerprint density at radius 3 is 2.33 bits per heavy atom. The highest BCUT2D eigenvalue weighted by Crippen LogP contribution is 2.21. The van der Waals surface area contributed by atoms with Crippen LogP contribution in [0.25, 0.3) is 0 Å². The molecule has 0 aromatic carbocycles. The second kappa shape index (κ2) is 5.01. The summed E-state index contributed by atoms with van der Waals surface area (Å²) in [5.41, 5.74) is -0.588. The highest BCUT2D eigenvalue weighted by Gasteiger charge is 2.40. The Morgan fingerprint density at radius 1 is 1.33 bits per heavy atom. The summed E-state index contributed by atoms with van der Waals surface area (Å²) in [6, 6.07) is 0. The first kappa shape index (κ1) is 15.2. The average Bonchev–Trinajstić information content (AvgIpc) is 2.42. The molecule has 0 aromatic rings. The number of carbonyl (C=O) groups excluding carboxylic acids is 2. The highest BCUT2D eigenvalue weighted by molar-refractivity contribution is 6.69. The monoisotopic (exact) mass is 273 g/mol. The van der Waals surface area contributed by atoms with E-state index in [1.165, 1.54) is 0 Å². The maximum absolute atomic E-state index is 12.0. The lowest BCUT2D eigenvalue weighted by atomic mass is 10.2. The summed E-state index contributed by atoms with van der Waals surface area (Å²) < 4.78 is 11.0. The van der Waals surface area contributed by atoms with Crippen molar-refractivity contribution in [3.8, 4) is 0 Å². The summed E-state index contributed by atoms with van der Waals surface area (Å²) in [7, 11) is -1.77. The van der Waals surface area contributed by atoms with Gasteiger partial charge < -0.3 is 9.16 Å². The van der Waals surface area contributed by atoms with Gasteiger partial charge in [-0.3, -0.25) is 4.79 Å². The van der Waals surface area contributed by atoms with E-state index in [2.05, 4.69) is 0 Å². The second-order valence-corrected chi connectivity index (χ2v) is 10.9. The predicted octanol–water partition coefficient (Wildman–Crippen LogP) is 2.37. The molecule has 5 nitrogen and oxygen atoms in total. The molecular weight excluding hydrogens is 250 g/mol. The number of nitrogens with zero attached hydrogens (tertiary/aromatic N) is 1. The van der Waals surface area contributed by atoms with Crippen molar-refractivity contribution in [1.29, 1.82) is 0 Å². The fourth-order valence-corrected chi connectivity index (χ4v) is 2.76. The van der Waals surface area contributed by atoms with Gasteiger partial charge in [-0.1, -0.05) is 0 Å². The normalized spacial score (nSPS) is 21.3. The molecule has 0 N–H and O–H groups in total. The Hall–Kier alpha value is -0.883. The molecule has 1 heterocycles. The van der Waals surface area contributed by atoms with Gasteiger partial charge in [0.15, 0.2) is 8.32 Å². The van der Waals surface area contributed by atoms with Gasteiger partial charge >= 0.3 is 6.09 Å². The minimum atomic E-state index is -1.77. The Labute approximate surface area is 110 Å². The molecule has 18 heavy (non-hydrogen) atoms. The van der Waals surface area contributed by atoms with E-state index in [1.54, 1.807) is 20.8 Å². The molecule has 1 aliphatic rings. The van der Waals surface area contributed by atoms with E-state index >= 15 is 0 Å². The van der Waals surface area contributed by atoms with Gasteiger partial charge in [0.1, 0.15) is 11.7 Å². The van der Waals surface area contributed by atoms with Crippen molar-refractivity contribution in [2.45, 2.75) is 58.5 Å². The first-order valence-electron chi connectivity index (χ1n) is 6.22. The molecule has 1 rings (SSSR count). The molecule has 104 valence electrons. The maximum atomic E-state index is 12.0. The van der Waals surface area contributed by atoms with Gasteiger partial charge in [0.05, 0.1) is 0 Å². The molecule has 0 aliphatic carbocycles. The summed E-state index contributed by atoms with van der Waals surface area (Å²) in [6.07, 6.45) is -0.499. The van der Waals surface area contributed by atoms with Gasteiger partial charge in [-0.25, -0.2) is 9.69 Å². The van der Waals surface area contributed by atoms with Gasteiger partial charge in [0.25, 0.3) is 5.91 Å². The summed E-state index contributed by atoms with van der Waals surface area (Å²) in [4.78, 5) is 25.0. The van der Waals surface area contributed by atoms with Crippen molar-refractivity contribution in [2.24, 2.45) is 0 Å². The number of ether oxygens (including phenoxy) is 1. The lowest BCUT2D eigenvalue weighted by Gasteiger charge is -2.24. The van der Waals surface area contributed by atoms with Crippen LogP contribution in [-0.2, 0) is 14.0 Å². The van der Waals surface area contributed by atoms with Gasteiger partial charge in [0.2, 0.25) is 0 Å². The van der Waals surface area contributed by atoms with Crippen LogP contribution in [-0.4, -0.2) is 43.5 Å². The number of rotatable bonds is 2. The van der Waals surface area contributed by atoms with Crippen LogP contribution in [0, 0.1) is 0 Å². The minimum Gasteiger partial charge on any atom is -0.443 e. The molecule has 1 aliphatic heterocycles. The van der Waals surface area contributed by atoms with E-state index in [9.17, 15) is 9.59 Å². The van der Waals surface area contributed by atoms with Crippen LogP contribution in [0.4, 0.5) is 4.79 Å². The third kappa shape index (κ3) is 4.42. The van der Waals surface area contributed by atoms with Crippen LogP contribution in [0.1, 0.15) is 27.2 Å². The van der Waals surface area contributed by atoms with Crippen LogP contribution in [0.15, 0.2) is 0 Å². The first-order chi connectivity index (χ1) is 7.99. The molecule has 0 aromatic heterocycles. The number of carbonyl (C=O) groups is 2. The van der Waals surface area contributed by atoms with E-state index in [-0.39, 0.29) is 5.91 Å². The summed E-state index contributed by atoms with van der Waals surface area (Å²) >= 11 is 0. The van der Waals surface area contributed by atoms with Crippen molar-refractivity contribution in [1.82, 2.24) is 4.90 Å². The second-order valence-electron chi connectivity index (χ2n) is 6.48. The van der Waals surface area contributed by atoms with E-state index in [4.69, 9.17) is 9.16 Å². The van der Waals surface area contributed by atoms with Crippen LogP contribution >= 0.6 is 0 Å². The fraction of sp³-hybridized carbons (Fsp3) is 0.833. The molecule has 0 bridgehead atoms. The average molecular weight is 273 g/mol. The third-order valence-electron chi connectivity index (χ3n) is 2.27. The fourth-order valence-electron chi connectivity index (χ4n) is 1.69. The molecule has 1 unspecified atom stereocenters. The van der Waals surface area contributed by atoms with E-state index in [0.717, 1.165) is 4.90 Å². The quantitative estimate of drug-likeness (QED) is 0.725. The highest BCUT2D eigenvalue weighted by atomic mass is 28.4. The molecule has 1 fully saturated rings. The zero-order valence-electron chi connectivity index (χ0n) is 12.1. The Balaban J connectivity index is 2.62. The predicted molar refractivity (Wildman–Crippen MR) is 70.8 cm³/mol. The Morgan fingerprint density at radius 2 is 1.89 bits per heavy atom. The molecule has 0 saturated carbocycles. The zero-order valence-corrected chi connectivity index (χ0v) is 13.1. The Kier molecular flexibility index (Phi) is 4.22. The van der Waals surface area contributed by atoms with Crippen LogP contribution in [0.2, 0.25) is 19.6 Å². The number of imide groups is 1. The lowest BCUT2D eigenvalue weighted by Crippen LogP contribution is -2.42. The van der Waals surface area contributed by atoms with E-state index < -0.39 is 26.1 Å². The van der Waals surface area contributed by atoms with Gasteiger partial charge in [-0.05, 0) is 46.8 Å². The lowest BCUT2D eigenvalue weighted by molar-refractivity contribution is -0.132. The standard InChI is InChI=1S/C12H23NO4Si/c1-12(2,3)16-11(15)13-8-7-9(10(13)14)17-18(4,5)6/h9H,7-8H2,1-6H3. The van der Waals surface area contributed by atoms with Gasteiger partial charge in [-0.15, -0.1) is 0 Å². The van der Waals surface area contributed by atoms with E-state index in [1.807, 2.05) is 19.6 Å². The van der Waals surface area contributed by atoms with Crippen LogP contribution < -0.4 is 0 Å². The van der Waals surface area contributed by atoms with Crippen molar-refractivity contribution in [3.63, 3.8) is 0 Å². The molecular formula is C12H23NO4Si. The largest absolute Gasteiger partial charge is 0.443 e. The topological polar surface area (TPSA) is 55.8 Å². The summed E-state index contributed by atoms with van der Waals surface area (Å²) in [6.45, 7) is 11.8. The van der Waals surface area contributed by atoms with Crippen molar-refractivity contribution in [2.75, 3.05) is 6.54 Å². The summed E-state index contributed by atoms with van der Waals surface area (Å²) in [5, 5.41) is 0. The smallest absolute Gasteiger partial charge is 0.417 e. The Bertz CT molecular complexity index is 343. The molecule has 0 radical (unpaired) electrons. The molecule has 6 heteroatoms. The van der Waals surface area contributed by atoms with Crippen molar-refractivity contribution >= 4 is 20.3 Å². The van der Waals surface area contributed by atoms with Crippen LogP contribution in [0.5, 0.6) is 0 Å². The molecule has 1 atom stereocenters. The van der Waals surface area contributed by atoms with Crippen molar-refractivity contribution < 1.29 is 18.8 Å². The van der Waals surface area contributed by atoms with Crippen LogP contribution in [0.3, 0.4) is 0 Å². The first-order valence-corrected chi connectivity index (χ1v) is 9.62. The minimum absolute atomic E-state index is 0.272. The molecule has 2 amide bonds. The van der Waals surface area contributed by atoms with Gasteiger partial charge in [-0.2, -0.15) is 0 Å². The number of amides is 2. The summed E-state index contributed by atoms with van der Waals surface area (Å²) in [5.74, 6) is -0.272. The molecule has 1 saturated heterocycles. The SMILES string of the molecule is CC(C)(C)OC(=O)N1CCC(O[Si](C)(C)C)C1=O. The number of likely N-dealkylation sites (tertiary alicyclic amines) is 1. The number of hydrogen-bond acceptors (Lipinski definition) is 4. The number of hydrogen-bond donors (Lipinski definition) is 0. The zero-order chi connectivity index (χ0) is 14.1. The molecule has 0 spiro atoms. The van der Waals surface area contributed by atoms with E-state index in [0.29, 0.717) is 13.0 Å². The van der Waals surface area contributed by atoms with Gasteiger partial charge in [0, 0.05) is 6.54 Å².